The molecular formula is C14H16N2O4. The van der Waals surface area contributed by atoms with Crippen molar-refractivity contribution in [2.24, 2.45) is 11.8 Å². The lowest BCUT2D eigenvalue weighted by Crippen LogP contribution is -2.23. The molecule has 0 aromatic carbocycles. The van der Waals surface area contributed by atoms with E-state index in [-0.39, 0.29) is 11.8 Å². The van der Waals surface area contributed by atoms with Crippen LogP contribution in [-0.2, 0) is 11.3 Å². The molecule has 1 fully saturated rings. The maximum absolute atomic E-state index is 11.1. The molecule has 1 aliphatic rings. The van der Waals surface area contributed by atoms with Crippen LogP contribution in [0.25, 0.3) is 11.5 Å². The van der Waals surface area contributed by atoms with Crippen LogP contribution in [0.15, 0.2) is 33.4 Å². The van der Waals surface area contributed by atoms with Crippen LogP contribution < -0.4 is 0 Å². The Hall–Kier alpha value is -2.08. The molecule has 1 aliphatic heterocycles. The minimum Gasteiger partial charge on any atom is -0.481 e. The summed E-state index contributed by atoms with van der Waals surface area (Å²) < 4.78 is 10.5. The van der Waals surface area contributed by atoms with Crippen LogP contribution >= 0.6 is 0 Å². The number of likely N-dealkylation sites (tertiary alicyclic amines) is 1. The summed E-state index contributed by atoms with van der Waals surface area (Å²) in [6, 6.07) is 5.43. The number of rotatable bonds is 4. The Morgan fingerprint density at radius 1 is 1.50 bits per heavy atom. The minimum absolute atomic E-state index is 0.156. The van der Waals surface area contributed by atoms with E-state index >= 15 is 0 Å². The highest BCUT2D eigenvalue weighted by Gasteiger charge is 2.34. The van der Waals surface area contributed by atoms with Gasteiger partial charge in [0.25, 0.3) is 0 Å². The number of carboxylic acids is 1. The van der Waals surface area contributed by atoms with E-state index in [1.54, 1.807) is 12.3 Å². The van der Waals surface area contributed by atoms with Gasteiger partial charge >= 0.3 is 5.97 Å². The molecule has 1 N–H and O–H groups in total. The number of hydrogen-bond acceptors (Lipinski definition) is 5. The Morgan fingerprint density at radius 2 is 2.35 bits per heavy atom. The number of aliphatic carboxylic acids is 1. The molecule has 2 atom stereocenters. The van der Waals surface area contributed by atoms with Crippen LogP contribution in [0, 0.1) is 11.8 Å². The van der Waals surface area contributed by atoms with E-state index in [1.807, 2.05) is 19.1 Å². The van der Waals surface area contributed by atoms with Gasteiger partial charge in [0.15, 0.2) is 5.76 Å². The van der Waals surface area contributed by atoms with Crippen molar-refractivity contribution in [2.45, 2.75) is 13.5 Å². The van der Waals surface area contributed by atoms with Gasteiger partial charge in [-0.25, -0.2) is 0 Å². The smallest absolute Gasteiger partial charge is 0.308 e. The first kappa shape index (κ1) is 12.9. The monoisotopic (exact) mass is 276 g/mol. The van der Waals surface area contributed by atoms with Crippen LogP contribution in [0.1, 0.15) is 12.6 Å². The summed E-state index contributed by atoms with van der Waals surface area (Å²) in [5.74, 6) is 0.362. The molecule has 0 amide bonds. The molecule has 2 aromatic rings. The van der Waals surface area contributed by atoms with E-state index in [1.165, 1.54) is 0 Å². The summed E-state index contributed by atoms with van der Waals surface area (Å²) in [6.45, 7) is 3.88. The fourth-order valence-electron chi connectivity index (χ4n) is 2.67. The molecule has 0 radical (unpaired) electrons. The van der Waals surface area contributed by atoms with E-state index in [2.05, 4.69) is 10.1 Å². The summed E-state index contributed by atoms with van der Waals surface area (Å²) in [5, 5.41) is 13.1. The maximum atomic E-state index is 11.1. The summed E-state index contributed by atoms with van der Waals surface area (Å²) in [7, 11) is 0. The van der Waals surface area contributed by atoms with Crippen molar-refractivity contribution < 1.29 is 18.8 Å². The molecule has 20 heavy (non-hydrogen) atoms. The van der Waals surface area contributed by atoms with Gasteiger partial charge in [-0.05, 0) is 18.1 Å². The molecule has 106 valence electrons. The third-order valence-electron chi connectivity index (χ3n) is 3.71. The molecule has 2 aromatic heterocycles. The van der Waals surface area contributed by atoms with Crippen molar-refractivity contribution in [1.29, 1.82) is 0 Å². The molecule has 6 nitrogen and oxygen atoms in total. The molecule has 0 saturated carbocycles. The second-order valence-corrected chi connectivity index (χ2v) is 5.28. The van der Waals surface area contributed by atoms with Crippen LogP contribution in [0.4, 0.5) is 0 Å². The van der Waals surface area contributed by atoms with E-state index in [4.69, 9.17) is 14.0 Å². The van der Waals surface area contributed by atoms with E-state index < -0.39 is 5.97 Å². The number of furan rings is 1. The highest BCUT2D eigenvalue weighted by Crippen LogP contribution is 2.26. The van der Waals surface area contributed by atoms with Crippen LogP contribution in [0.3, 0.4) is 0 Å². The predicted octanol–water partition coefficient (Wildman–Crippen LogP) is 2.09. The quantitative estimate of drug-likeness (QED) is 0.921. The van der Waals surface area contributed by atoms with Gasteiger partial charge in [0, 0.05) is 25.7 Å². The average Bonchev–Trinajstić information content (AvgIpc) is 3.09. The second-order valence-electron chi connectivity index (χ2n) is 5.28. The van der Waals surface area contributed by atoms with Crippen molar-refractivity contribution in [3.63, 3.8) is 0 Å². The predicted molar refractivity (Wildman–Crippen MR) is 69.8 cm³/mol. The summed E-state index contributed by atoms with van der Waals surface area (Å²) in [4.78, 5) is 13.2. The normalized spacial score (nSPS) is 23.2. The van der Waals surface area contributed by atoms with Crippen LogP contribution in [-0.4, -0.2) is 34.2 Å². The number of nitrogens with zero attached hydrogens (tertiary/aromatic N) is 2. The molecule has 3 rings (SSSR count). The lowest BCUT2D eigenvalue weighted by atomic mass is 9.99. The first-order valence-corrected chi connectivity index (χ1v) is 6.58. The molecule has 3 heterocycles. The molecular weight excluding hydrogens is 260 g/mol. The molecule has 1 saturated heterocycles. The van der Waals surface area contributed by atoms with Gasteiger partial charge in [-0.1, -0.05) is 12.1 Å². The van der Waals surface area contributed by atoms with Gasteiger partial charge in [0.1, 0.15) is 0 Å². The van der Waals surface area contributed by atoms with Crippen molar-refractivity contribution >= 4 is 5.97 Å². The lowest BCUT2D eigenvalue weighted by molar-refractivity contribution is -0.142. The van der Waals surface area contributed by atoms with Gasteiger partial charge in [0.05, 0.1) is 17.9 Å². The number of aromatic nitrogens is 1. The van der Waals surface area contributed by atoms with E-state index in [9.17, 15) is 4.79 Å². The Balaban J connectivity index is 1.66. The summed E-state index contributed by atoms with van der Waals surface area (Å²) in [6.07, 6.45) is 1.58. The zero-order valence-electron chi connectivity index (χ0n) is 11.2. The van der Waals surface area contributed by atoms with Gasteiger partial charge < -0.3 is 14.0 Å². The Kier molecular flexibility index (Phi) is 3.31. The number of hydrogen-bond donors (Lipinski definition) is 1. The van der Waals surface area contributed by atoms with Gasteiger partial charge in [-0.3, -0.25) is 9.69 Å². The Bertz CT molecular complexity index is 590. The van der Waals surface area contributed by atoms with Crippen molar-refractivity contribution in [3.05, 3.63) is 30.2 Å². The van der Waals surface area contributed by atoms with Crippen molar-refractivity contribution in [3.8, 4) is 11.5 Å². The zero-order valence-corrected chi connectivity index (χ0v) is 11.2. The highest BCUT2D eigenvalue weighted by atomic mass is 16.5. The topological polar surface area (TPSA) is 79.7 Å². The third-order valence-corrected chi connectivity index (χ3v) is 3.71. The summed E-state index contributed by atoms with van der Waals surface area (Å²) >= 11 is 0. The third kappa shape index (κ3) is 2.46. The van der Waals surface area contributed by atoms with Gasteiger partial charge in [-0.15, -0.1) is 0 Å². The molecule has 2 unspecified atom stereocenters. The Morgan fingerprint density at radius 3 is 3.00 bits per heavy atom. The second kappa shape index (κ2) is 5.13. The van der Waals surface area contributed by atoms with E-state index in [0.717, 1.165) is 12.2 Å². The SMILES string of the molecule is CC1CN(Cc2cc(-c3ccco3)on2)CC1C(=O)O. The maximum Gasteiger partial charge on any atom is 0.308 e. The molecule has 6 heteroatoms. The van der Waals surface area contributed by atoms with E-state index in [0.29, 0.717) is 24.6 Å². The summed E-state index contributed by atoms with van der Waals surface area (Å²) in [5.41, 5.74) is 0.787. The minimum atomic E-state index is -0.726. The number of carboxylic acid groups (broad SMARTS) is 1. The average molecular weight is 276 g/mol. The van der Waals surface area contributed by atoms with Crippen LogP contribution in [0.2, 0.25) is 0 Å². The van der Waals surface area contributed by atoms with Crippen molar-refractivity contribution in [2.75, 3.05) is 13.1 Å². The first-order valence-electron chi connectivity index (χ1n) is 6.58. The molecule has 0 bridgehead atoms. The van der Waals surface area contributed by atoms with Gasteiger partial charge in [0.2, 0.25) is 5.76 Å². The highest BCUT2D eigenvalue weighted by molar-refractivity contribution is 5.71. The fraction of sp³-hybridized carbons (Fsp3) is 0.429. The number of carbonyl (C=O) groups is 1. The molecule has 0 aliphatic carbocycles. The Labute approximate surface area is 116 Å². The molecule has 0 spiro atoms. The van der Waals surface area contributed by atoms with Crippen LogP contribution in [0.5, 0.6) is 0 Å². The first-order chi connectivity index (χ1) is 9.63. The van der Waals surface area contributed by atoms with Gasteiger partial charge in [-0.2, -0.15) is 0 Å². The standard InChI is InChI=1S/C14H16N2O4/c1-9-6-16(8-11(9)14(17)18)7-10-5-13(20-15-10)12-3-2-4-19-12/h2-5,9,11H,6-8H2,1H3,(H,17,18). The fourth-order valence-corrected chi connectivity index (χ4v) is 2.67. The largest absolute Gasteiger partial charge is 0.481 e. The van der Waals surface area contributed by atoms with Crippen molar-refractivity contribution in [1.82, 2.24) is 10.1 Å². The lowest BCUT2D eigenvalue weighted by Gasteiger charge is -2.12. The zero-order chi connectivity index (χ0) is 14.1.